The molecule has 1 heterocycles. The van der Waals surface area contributed by atoms with Crippen molar-refractivity contribution in [2.24, 2.45) is 10.8 Å². The number of ether oxygens (including phenoxy) is 1. The van der Waals surface area contributed by atoms with E-state index in [1.54, 1.807) is 33.2 Å². The summed E-state index contributed by atoms with van der Waals surface area (Å²) in [5.41, 5.74) is 2.16. The van der Waals surface area contributed by atoms with Crippen LogP contribution in [0.1, 0.15) is 59.1 Å². The van der Waals surface area contributed by atoms with E-state index in [1.165, 1.54) is 7.11 Å². The number of alkyl carbamates (subject to hydrolysis) is 1. The van der Waals surface area contributed by atoms with Crippen LogP contribution in [-0.4, -0.2) is 76.6 Å². The third kappa shape index (κ3) is 12.2. The number of amides is 4. The molecule has 1 aromatic heterocycles. The predicted octanol–water partition coefficient (Wildman–Crippen LogP) is 4.71. The highest BCUT2D eigenvalue weighted by Gasteiger charge is 2.37. The van der Waals surface area contributed by atoms with Crippen LogP contribution in [0.25, 0.3) is 11.1 Å². The lowest BCUT2D eigenvalue weighted by molar-refractivity contribution is -0.128. The molecule has 0 aliphatic heterocycles. The molecule has 5 atom stereocenters. The molecule has 12 nitrogen and oxygen atoms in total. The minimum absolute atomic E-state index is 0.0288. The van der Waals surface area contributed by atoms with Crippen molar-refractivity contribution in [1.82, 2.24) is 26.3 Å². The Kier molecular flexibility index (Phi) is 13.9. The van der Waals surface area contributed by atoms with Crippen molar-refractivity contribution in [3.05, 3.63) is 90.3 Å². The first kappa shape index (κ1) is 39.5. The second-order valence-corrected chi connectivity index (χ2v) is 14.6. The van der Waals surface area contributed by atoms with Crippen molar-refractivity contribution < 1.29 is 34.1 Å². The molecule has 2 aromatic carbocycles. The van der Waals surface area contributed by atoms with Gasteiger partial charge in [-0.2, -0.15) is 0 Å². The molecule has 4 amide bonds. The average Bonchev–Trinajstić information content (AvgIpc) is 3.05. The van der Waals surface area contributed by atoms with Gasteiger partial charge in [-0.25, -0.2) is 9.59 Å². The summed E-state index contributed by atoms with van der Waals surface area (Å²) in [6.07, 6.45) is 0.774. The van der Waals surface area contributed by atoms with Gasteiger partial charge in [0.1, 0.15) is 12.1 Å². The van der Waals surface area contributed by atoms with Gasteiger partial charge in [-0.3, -0.25) is 14.6 Å². The number of hydrogen-bond acceptors (Lipinski definition) is 7. The van der Waals surface area contributed by atoms with Crippen molar-refractivity contribution in [1.29, 1.82) is 0 Å². The Morgan fingerprint density at radius 3 is 1.84 bits per heavy atom. The van der Waals surface area contributed by atoms with E-state index in [0.717, 1.165) is 22.3 Å². The molecule has 0 spiro atoms. The quantitative estimate of drug-likeness (QED) is 0.141. The monoisotopic (exact) mass is 689 g/mol. The number of aliphatic hydroxyl groups is 1. The van der Waals surface area contributed by atoms with Gasteiger partial charge in [-0.1, -0.05) is 102 Å². The van der Waals surface area contributed by atoms with Crippen LogP contribution >= 0.6 is 0 Å². The molecule has 6 N–H and O–H groups in total. The molecule has 12 heteroatoms. The predicted molar refractivity (Wildman–Crippen MR) is 191 cm³/mol. The van der Waals surface area contributed by atoms with E-state index in [-0.39, 0.29) is 12.8 Å². The third-order valence-electron chi connectivity index (χ3n) is 8.37. The highest BCUT2D eigenvalue weighted by Crippen LogP contribution is 2.24. The summed E-state index contributed by atoms with van der Waals surface area (Å²) < 4.78 is 4.76. The normalized spacial score (nSPS) is 14.6. The maximum absolute atomic E-state index is 13.7. The van der Waals surface area contributed by atoms with Crippen molar-refractivity contribution in [3.63, 3.8) is 0 Å². The molecule has 0 bridgehead atoms. The first-order valence-electron chi connectivity index (χ1n) is 16.6. The van der Waals surface area contributed by atoms with Crippen LogP contribution in [0.3, 0.4) is 0 Å². The Labute approximate surface area is 294 Å². The van der Waals surface area contributed by atoms with E-state index >= 15 is 0 Å². The number of aromatic nitrogens is 1. The van der Waals surface area contributed by atoms with E-state index in [2.05, 4.69) is 26.3 Å². The largest absolute Gasteiger partial charge is 0.465 e. The Morgan fingerprint density at radius 2 is 1.30 bits per heavy atom. The number of carboxylic acid groups (broad SMARTS) is 1. The van der Waals surface area contributed by atoms with E-state index < -0.39 is 65.1 Å². The zero-order valence-electron chi connectivity index (χ0n) is 29.9. The van der Waals surface area contributed by atoms with Gasteiger partial charge in [0.2, 0.25) is 11.8 Å². The van der Waals surface area contributed by atoms with Crippen LogP contribution in [0, 0.1) is 10.8 Å². The number of methoxy groups -OCH3 is 1. The number of nitrogens with one attached hydrogen (secondary N) is 4. The van der Waals surface area contributed by atoms with Crippen LogP contribution < -0.4 is 21.3 Å². The van der Waals surface area contributed by atoms with E-state index in [0.29, 0.717) is 6.42 Å². The molecule has 3 rings (SSSR count). The molecule has 0 aliphatic carbocycles. The van der Waals surface area contributed by atoms with Gasteiger partial charge in [0.15, 0.2) is 0 Å². The molecule has 0 saturated carbocycles. The van der Waals surface area contributed by atoms with Gasteiger partial charge in [0.25, 0.3) is 0 Å². The Morgan fingerprint density at radius 1 is 0.720 bits per heavy atom. The maximum Gasteiger partial charge on any atom is 0.407 e. The highest BCUT2D eigenvalue weighted by molar-refractivity contribution is 5.87. The molecule has 0 fully saturated rings. The molecular weight excluding hydrogens is 638 g/mol. The Hall–Kier alpha value is -4.97. The van der Waals surface area contributed by atoms with E-state index in [4.69, 9.17) is 4.74 Å². The summed E-state index contributed by atoms with van der Waals surface area (Å²) in [5.74, 6) is -1.05. The maximum atomic E-state index is 13.7. The minimum Gasteiger partial charge on any atom is -0.465 e. The van der Waals surface area contributed by atoms with Gasteiger partial charge in [0, 0.05) is 18.4 Å². The number of aliphatic hydroxyl groups excluding tert-OH is 1. The van der Waals surface area contributed by atoms with Crippen molar-refractivity contribution in [2.45, 2.75) is 91.1 Å². The van der Waals surface area contributed by atoms with Crippen molar-refractivity contribution in [2.75, 3.05) is 7.11 Å². The summed E-state index contributed by atoms with van der Waals surface area (Å²) in [6.45, 7) is 10.7. The first-order valence-corrected chi connectivity index (χ1v) is 16.6. The Bertz CT molecular complexity index is 1550. The first-order chi connectivity index (χ1) is 23.5. The lowest BCUT2D eigenvalue weighted by Gasteiger charge is -2.34. The molecular formula is C38H51N5O7. The average molecular weight is 690 g/mol. The smallest absolute Gasteiger partial charge is 0.407 e. The summed E-state index contributed by atoms with van der Waals surface area (Å²) in [5, 5.41) is 32.2. The standard InChI is InChI=1S/C38H51N5O7/c1-37(2,3)31(42-35(47)48)34(46)41-29(21-25-15-17-26(18-16-25)27-14-11-19-39-23-27)30(44)22-28(20-24-12-9-8-10-13-24)40-33(45)32(38(4,5)6)43-36(49)50-7/h8-19,23,28-32,42,44H,20-22H2,1-7H3,(H,40,45)(H,41,46)(H,43,49)(H,47,48)/t28-,29-,30-,31-,32+/m0/s1. The van der Waals surface area contributed by atoms with Gasteiger partial charge < -0.3 is 36.2 Å². The molecule has 50 heavy (non-hydrogen) atoms. The highest BCUT2D eigenvalue weighted by atomic mass is 16.5. The zero-order chi connectivity index (χ0) is 37.1. The lowest BCUT2D eigenvalue weighted by Crippen LogP contribution is -2.58. The summed E-state index contributed by atoms with van der Waals surface area (Å²) in [4.78, 5) is 55.4. The molecule has 0 unspecified atom stereocenters. The van der Waals surface area contributed by atoms with Gasteiger partial charge in [0.05, 0.1) is 19.3 Å². The van der Waals surface area contributed by atoms with Crippen LogP contribution in [0.15, 0.2) is 79.1 Å². The van der Waals surface area contributed by atoms with Crippen LogP contribution in [-0.2, 0) is 27.2 Å². The minimum atomic E-state index is -1.34. The number of carbonyl (C=O) groups excluding carboxylic acids is 3. The van der Waals surface area contributed by atoms with Crippen LogP contribution in [0.4, 0.5) is 9.59 Å². The second-order valence-electron chi connectivity index (χ2n) is 14.6. The molecule has 0 saturated heterocycles. The zero-order valence-corrected chi connectivity index (χ0v) is 29.9. The summed E-state index contributed by atoms with van der Waals surface area (Å²) in [6, 6.07) is 17.4. The van der Waals surface area contributed by atoms with E-state index in [1.807, 2.05) is 87.5 Å². The number of carbonyl (C=O) groups is 4. The van der Waals surface area contributed by atoms with Gasteiger partial charge >= 0.3 is 12.2 Å². The number of hydrogen-bond donors (Lipinski definition) is 6. The number of nitrogens with zero attached hydrogens (tertiary/aromatic N) is 1. The van der Waals surface area contributed by atoms with Crippen LogP contribution in [0.5, 0.6) is 0 Å². The Balaban J connectivity index is 1.95. The van der Waals surface area contributed by atoms with E-state index in [9.17, 15) is 29.4 Å². The SMILES string of the molecule is COC(=O)N[C@H](C(=O)N[C@@H](Cc1ccccc1)C[C@H](O)[C@H](Cc1ccc(-c2cccnc2)cc1)NC(=O)[C@H](NC(=O)O)C(C)(C)C)C(C)(C)C. The summed E-state index contributed by atoms with van der Waals surface area (Å²) >= 11 is 0. The van der Waals surface area contributed by atoms with Crippen LogP contribution in [0.2, 0.25) is 0 Å². The number of pyridine rings is 1. The van der Waals surface area contributed by atoms with Gasteiger partial charge in [-0.15, -0.1) is 0 Å². The third-order valence-corrected chi connectivity index (χ3v) is 8.37. The molecule has 0 radical (unpaired) electrons. The molecule has 3 aromatic rings. The molecule has 270 valence electrons. The lowest BCUT2D eigenvalue weighted by atomic mass is 9.85. The number of benzene rings is 2. The van der Waals surface area contributed by atoms with Crippen molar-refractivity contribution >= 4 is 24.0 Å². The fraction of sp³-hybridized carbons (Fsp3) is 0.447. The molecule has 0 aliphatic rings. The van der Waals surface area contributed by atoms with Gasteiger partial charge in [-0.05, 0) is 58.4 Å². The topological polar surface area (TPSA) is 179 Å². The number of rotatable bonds is 14. The summed E-state index contributed by atoms with van der Waals surface area (Å²) in [7, 11) is 1.22. The van der Waals surface area contributed by atoms with Crippen molar-refractivity contribution in [3.8, 4) is 11.1 Å². The fourth-order valence-corrected chi connectivity index (χ4v) is 5.65. The second kappa shape index (κ2) is 17.6. The fourth-order valence-electron chi connectivity index (χ4n) is 5.65.